The lowest BCUT2D eigenvalue weighted by Crippen LogP contribution is -2.18. The second kappa shape index (κ2) is 6.06. The Hall–Kier alpha value is -2.27. The zero-order valence-electron chi connectivity index (χ0n) is 11.1. The van der Waals surface area contributed by atoms with Gasteiger partial charge in [0.15, 0.2) is 0 Å². The van der Waals surface area contributed by atoms with Crippen molar-refractivity contribution in [2.24, 2.45) is 5.84 Å². The number of anilines is 2. The molecule has 0 saturated heterocycles. The zero-order valence-corrected chi connectivity index (χ0v) is 11.1. The van der Waals surface area contributed by atoms with Crippen LogP contribution in [0.5, 0.6) is 5.75 Å². The number of aromatic nitrogens is 1. The monoisotopic (exact) mass is 258 g/mol. The van der Waals surface area contributed by atoms with Gasteiger partial charge in [0.2, 0.25) is 0 Å². The Kier molecular flexibility index (Phi) is 4.20. The van der Waals surface area contributed by atoms with Gasteiger partial charge in [0.1, 0.15) is 5.75 Å². The molecule has 1 heterocycles. The molecule has 1 aromatic heterocycles. The maximum Gasteiger partial charge on any atom is 0.142 e. The van der Waals surface area contributed by atoms with Gasteiger partial charge in [-0.3, -0.25) is 10.8 Å². The molecular formula is C14H18N4O. The third-order valence-electron chi connectivity index (χ3n) is 2.88. The molecule has 0 aliphatic heterocycles. The Bertz CT molecular complexity index is 544. The molecule has 100 valence electrons. The van der Waals surface area contributed by atoms with Crippen LogP contribution in [0.15, 0.2) is 42.6 Å². The molecule has 19 heavy (non-hydrogen) atoms. The van der Waals surface area contributed by atoms with Crippen molar-refractivity contribution in [2.45, 2.75) is 6.54 Å². The number of nitrogens with one attached hydrogen (secondary N) is 1. The number of methoxy groups -OCH3 is 1. The van der Waals surface area contributed by atoms with Gasteiger partial charge in [0.05, 0.1) is 30.7 Å². The summed E-state index contributed by atoms with van der Waals surface area (Å²) in [6.07, 6.45) is 1.74. The first-order valence-corrected chi connectivity index (χ1v) is 6.00. The van der Waals surface area contributed by atoms with Crippen molar-refractivity contribution in [3.05, 3.63) is 48.3 Å². The molecule has 5 nitrogen and oxygen atoms in total. The molecule has 1 aromatic carbocycles. The van der Waals surface area contributed by atoms with Crippen LogP contribution >= 0.6 is 0 Å². The summed E-state index contributed by atoms with van der Waals surface area (Å²) in [5.41, 5.74) is 5.43. The van der Waals surface area contributed by atoms with Crippen molar-refractivity contribution in [1.29, 1.82) is 0 Å². The molecule has 2 aromatic rings. The molecule has 0 fully saturated rings. The number of hydrogen-bond donors (Lipinski definition) is 2. The van der Waals surface area contributed by atoms with Gasteiger partial charge in [0, 0.05) is 13.2 Å². The van der Waals surface area contributed by atoms with Gasteiger partial charge >= 0.3 is 0 Å². The fraction of sp³-hybridized carbons (Fsp3) is 0.214. The normalized spacial score (nSPS) is 10.1. The number of para-hydroxylation sites is 2. The van der Waals surface area contributed by atoms with Gasteiger partial charge < -0.3 is 15.1 Å². The van der Waals surface area contributed by atoms with Crippen molar-refractivity contribution in [1.82, 2.24) is 4.98 Å². The molecule has 0 bridgehead atoms. The van der Waals surface area contributed by atoms with E-state index in [4.69, 9.17) is 10.6 Å². The second-order valence-electron chi connectivity index (χ2n) is 4.21. The highest BCUT2D eigenvalue weighted by Crippen LogP contribution is 2.27. The average Bonchev–Trinajstić information content (AvgIpc) is 2.47. The fourth-order valence-electron chi connectivity index (χ4n) is 1.93. The van der Waals surface area contributed by atoms with Gasteiger partial charge in [-0.15, -0.1) is 0 Å². The van der Waals surface area contributed by atoms with Crippen LogP contribution in [0.3, 0.4) is 0 Å². The third kappa shape index (κ3) is 3.14. The molecule has 2 rings (SSSR count). The number of hydrogen-bond acceptors (Lipinski definition) is 5. The molecular weight excluding hydrogens is 240 g/mol. The van der Waals surface area contributed by atoms with Crippen LogP contribution in [0.25, 0.3) is 0 Å². The summed E-state index contributed by atoms with van der Waals surface area (Å²) >= 11 is 0. The van der Waals surface area contributed by atoms with Gasteiger partial charge in [-0.25, -0.2) is 0 Å². The minimum atomic E-state index is 0.676. The number of nitrogen functional groups attached to an aromatic ring is 1. The standard InChI is InChI=1S/C14H18N4O/c1-18(13-5-3-4-6-14(13)19-2)10-12-9-11(17-15)7-8-16-12/h3-9H,10,15H2,1-2H3,(H,16,17). The summed E-state index contributed by atoms with van der Waals surface area (Å²) in [6, 6.07) is 11.6. The smallest absolute Gasteiger partial charge is 0.142 e. The van der Waals surface area contributed by atoms with Crippen molar-refractivity contribution in [3.63, 3.8) is 0 Å². The molecule has 0 saturated carbocycles. The first kappa shape index (κ1) is 13.2. The summed E-state index contributed by atoms with van der Waals surface area (Å²) in [4.78, 5) is 6.42. The first-order chi connectivity index (χ1) is 9.24. The van der Waals surface area contributed by atoms with E-state index in [0.717, 1.165) is 22.8 Å². The van der Waals surface area contributed by atoms with Crippen LogP contribution in [0, 0.1) is 0 Å². The van der Waals surface area contributed by atoms with E-state index in [1.807, 2.05) is 43.4 Å². The molecule has 5 heteroatoms. The Morgan fingerprint density at radius 3 is 2.84 bits per heavy atom. The van der Waals surface area contributed by atoms with E-state index in [2.05, 4.69) is 15.3 Å². The van der Waals surface area contributed by atoms with Crippen LogP contribution in [-0.2, 0) is 6.54 Å². The highest BCUT2D eigenvalue weighted by atomic mass is 16.5. The van der Waals surface area contributed by atoms with E-state index in [9.17, 15) is 0 Å². The molecule has 0 unspecified atom stereocenters. The van der Waals surface area contributed by atoms with E-state index < -0.39 is 0 Å². The lowest BCUT2D eigenvalue weighted by Gasteiger charge is -2.21. The number of benzene rings is 1. The van der Waals surface area contributed by atoms with E-state index >= 15 is 0 Å². The third-order valence-corrected chi connectivity index (χ3v) is 2.88. The van der Waals surface area contributed by atoms with Crippen molar-refractivity contribution >= 4 is 11.4 Å². The minimum absolute atomic E-state index is 0.676. The van der Waals surface area contributed by atoms with Crippen LogP contribution < -0.4 is 20.9 Å². The van der Waals surface area contributed by atoms with Crippen LogP contribution in [0.4, 0.5) is 11.4 Å². The van der Waals surface area contributed by atoms with Crippen LogP contribution in [0.1, 0.15) is 5.69 Å². The minimum Gasteiger partial charge on any atom is -0.495 e. The largest absolute Gasteiger partial charge is 0.495 e. The maximum atomic E-state index is 5.39. The maximum absolute atomic E-state index is 5.39. The topological polar surface area (TPSA) is 63.4 Å². The Morgan fingerprint density at radius 2 is 2.11 bits per heavy atom. The van der Waals surface area contributed by atoms with Gasteiger partial charge in [-0.1, -0.05) is 12.1 Å². The first-order valence-electron chi connectivity index (χ1n) is 6.00. The lowest BCUT2D eigenvalue weighted by molar-refractivity contribution is 0.414. The second-order valence-corrected chi connectivity index (χ2v) is 4.21. The SMILES string of the molecule is COc1ccccc1N(C)Cc1cc(NN)ccn1. The molecule has 0 aliphatic carbocycles. The molecule has 0 atom stereocenters. The number of nitrogens with zero attached hydrogens (tertiary/aromatic N) is 2. The zero-order chi connectivity index (χ0) is 13.7. The predicted molar refractivity (Wildman–Crippen MR) is 77.1 cm³/mol. The van der Waals surface area contributed by atoms with E-state index in [1.165, 1.54) is 0 Å². The number of pyridine rings is 1. The van der Waals surface area contributed by atoms with Crippen LogP contribution in [-0.4, -0.2) is 19.1 Å². The number of nitrogens with two attached hydrogens (primary N) is 1. The molecule has 0 spiro atoms. The van der Waals surface area contributed by atoms with E-state index in [0.29, 0.717) is 6.54 Å². The number of hydrazine groups is 1. The summed E-state index contributed by atoms with van der Waals surface area (Å²) in [5, 5.41) is 0. The average molecular weight is 258 g/mol. The summed E-state index contributed by atoms with van der Waals surface area (Å²) in [6.45, 7) is 0.676. The fourth-order valence-corrected chi connectivity index (χ4v) is 1.93. The van der Waals surface area contributed by atoms with Crippen molar-refractivity contribution in [3.8, 4) is 5.75 Å². The number of ether oxygens (including phenoxy) is 1. The van der Waals surface area contributed by atoms with E-state index in [1.54, 1.807) is 13.3 Å². The van der Waals surface area contributed by atoms with Crippen LogP contribution in [0.2, 0.25) is 0 Å². The molecule has 0 aliphatic rings. The summed E-state index contributed by atoms with van der Waals surface area (Å²) in [5.74, 6) is 6.24. The van der Waals surface area contributed by atoms with Gasteiger partial charge in [-0.05, 0) is 24.3 Å². The van der Waals surface area contributed by atoms with E-state index in [-0.39, 0.29) is 0 Å². The lowest BCUT2D eigenvalue weighted by atomic mass is 10.2. The highest BCUT2D eigenvalue weighted by molar-refractivity contribution is 5.58. The summed E-state index contributed by atoms with van der Waals surface area (Å²) in [7, 11) is 3.67. The number of rotatable bonds is 5. The summed E-state index contributed by atoms with van der Waals surface area (Å²) < 4.78 is 5.35. The Labute approximate surface area is 113 Å². The molecule has 0 amide bonds. The highest BCUT2D eigenvalue weighted by Gasteiger charge is 2.08. The Morgan fingerprint density at radius 1 is 1.32 bits per heavy atom. The quantitative estimate of drug-likeness (QED) is 0.634. The molecule has 3 N–H and O–H groups in total. The van der Waals surface area contributed by atoms with Crippen molar-refractivity contribution < 1.29 is 4.74 Å². The van der Waals surface area contributed by atoms with Crippen molar-refractivity contribution in [2.75, 3.05) is 24.5 Å². The predicted octanol–water partition coefficient (Wildman–Crippen LogP) is 2.01. The Balaban J connectivity index is 2.18. The molecule has 0 radical (unpaired) electrons. The van der Waals surface area contributed by atoms with Gasteiger partial charge in [0.25, 0.3) is 0 Å². The van der Waals surface area contributed by atoms with Gasteiger partial charge in [-0.2, -0.15) is 0 Å².